The molecule has 5 heteroatoms. The lowest BCUT2D eigenvalue weighted by atomic mass is 9.66. The van der Waals surface area contributed by atoms with Crippen LogP contribution in [-0.2, 0) is 6.42 Å². The minimum atomic E-state index is 0.359. The summed E-state index contributed by atoms with van der Waals surface area (Å²) >= 11 is 11.8. The average molecular weight is 366 g/mol. The molecule has 1 heterocycles. The number of rotatable bonds is 4. The first-order valence-electron chi connectivity index (χ1n) is 9.02. The topological polar surface area (TPSA) is 27.3 Å². The summed E-state index contributed by atoms with van der Waals surface area (Å²) in [5.41, 5.74) is 1.66. The molecule has 1 aliphatic heterocycles. The molecule has 0 unspecified atom stereocenters. The molecule has 3 atom stereocenters. The second kappa shape index (κ2) is 7.59. The number of halogens is 1. The summed E-state index contributed by atoms with van der Waals surface area (Å²) in [5.74, 6) is 0. The molecule has 1 saturated heterocycles. The van der Waals surface area contributed by atoms with Crippen LogP contribution in [0, 0.1) is 5.41 Å². The quantitative estimate of drug-likeness (QED) is 0.797. The summed E-state index contributed by atoms with van der Waals surface area (Å²) in [6.45, 7) is 4.13. The molecule has 132 valence electrons. The summed E-state index contributed by atoms with van der Waals surface area (Å²) in [7, 11) is 2.27. The highest BCUT2D eigenvalue weighted by atomic mass is 35.5. The lowest BCUT2D eigenvalue weighted by molar-refractivity contribution is 0.0997. The van der Waals surface area contributed by atoms with Crippen molar-refractivity contribution in [2.24, 2.45) is 5.41 Å². The maximum absolute atomic E-state index is 6.45. The van der Waals surface area contributed by atoms with Crippen LogP contribution in [0.4, 0.5) is 0 Å². The van der Waals surface area contributed by atoms with Gasteiger partial charge >= 0.3 is 0 Å². The zero-order valence-corrected chi connectivity index (χ0v) is 16.2. The van der Waals surface area contributed by atoms with Crippen LogP contribution in [0.15, 0.2) is 24.3 Å². The van der Waals surface area contributed by atoms with E-state index in [0.717, 1.165) is 29.5 Å². The van der Waals surface area contributed by atoms with Crippen molar-refractivity contribution in [3.8, 4) is 0 Å². The van der Waals surface area contributed by atoms with Crippen LogP contribution in [-0.4, -0.2) is 42.2 Å². The number of likely N-dealkylation sites (tertiary alicyclic amines) is 1. The Hall–Kier alpha value is -0.840. The van der Waals surface area contributed by atoms with E-state index in [4.69, 9.17) is 23.8 Å². The number of hydrogen-bond acceptors (Lipinski definition) is 2. The summed E-state index contributed by atoms with van der Waals surface area (Å²) < 4.78 is 0. The van der Waals surface area contributed by atoms with E-state index in [-0.39, 0.29) is 0 Å². The molecular weight excluding hydrogens is 338 g/mol. The highest BCUT2D eigenvalue weighted by molar-refractivity contribution is 7.80. The Morgan fingerprint density at radius 2 is 2.17 bits per heavy atom. The van der Waals surface area contributed by atoms with Crippen molar-refractivity contribution in [1.29, 1.82) is 0 Å². The van der Waals surface area contributed by atoms with Crippen molar-refractivity contribution < 1.29 is 0 Å². The summed E-state index contributed by atoms with van der Waals surface area (Å²) in [4.78, 5) is 2.54. The van der Waals surface area contributed by atoms with E-state index in [1.807, 2.05) is 12.1 Å². The van der Waals surface area contributed by atoms with E-state index in [1.54, 1.807) is 0 Å². The monoisotopic (exact) mass is 365 g/mol. The molecule has 1 aliphatic carbocycles. The fraction of sp³-hybridized carbons (Fsp3) is 0.632. The number of fused-ring (bicyclic) bond motifs is 1. The molecule has 1 aromatic rings. The fourth-order valence-electron chi connectivity index (χ4n) is 4.60. The first-order valence-corrected chi connectivity index (χ1v) is 9.81. The van der Waals surface area contributed by atoms with Crippen molar-refractivity contribution in [2.45, 2.75) is 51.1 Å². The van der Waals surface area contributed by atoms with Gasteiger partial charge in [0.15, 0.2) is 5.11 Å². The van der Waals surface area contributed by atoms with Gasteiger partial charge in [0.05, 0.1) is 0 Å². The van der Waals surface area contributed by atoms with Crippen molar-refractivity contribution in [2.75, 3.05) is 20.1 Å². The molecule has 0 radical (unpaired) electrons. The van der Waals surface area contributed by atoms with Gasteiger partial charge in [-0.25, -0.2) is 0 Å². The average Bonchev–Trinajstić information content (AvgIpc) is 2.87. The zero-order chi connectivity index (χ0) is 17.2. The smallest absolute Gasteiger partial charge is 0.166 e. The Balaban J connectivity index is 1.72. The molecule has 2 fully saturated rings. The molecule has 2 N–H and O–H groups in total. The van der Waals surface area contributed by atoms with Crippen LogP contribution < -0.4 is 10.6 Å². The normalized spacial score (nSPS) is 30.0. The van der Waals surface area contributed by atoms with E-state index in [1.165, 1.54) is 31.4 Å². The first-order chi connectivity index (χ1) is 11.5. The molecule has 2 aliphatic rings. The molecule has 0 spiro atoms. The zero-order valence-electron chi connectivity index (χ0n) is 14.6. The number of nitrogens with zero attached hydrogens (tertiary/aromatic N) is 1. The van der Waals surface area contributed by atoms with Gasteiger partial charge in [-0.3, -0.25) is 0 Å². The summed E-state index contributed by atoms with van der Waals surface area (Å²) in [5, 5.41) is 8.43. The van der Waals surface area contributed by atoms with Gasteiger partial charge < -0.3 is 15.5 Å². The van der Waals surface area contributed by atoms with Gasteiger partial charge in [0, 0.05) is 23.7 Å². The largest absolute Gasteiger partial charge is 0.363 e. The molecule has 0 amide bonds. The van der Waals surface area contributed by atoms with E-state index in [2.05, 4.69) is 41.6 Å². The number of thiocarbonyl (C=S) groups is 1. The number of hydrogen-bond donors (Lipinski definition) is 2. The van der Waals surface area contributed by atoms with Crippen LogP contribution in [0.1, 0.15) is 38.2 Å². The molecule has 24 heavy (non-hydrogen) atoms. The van der Waals surface area contributed by atoms with Crippen molar-refractivity contribution in [3.63, 3.8) is 0 Å². The molecule has 0 bridgehead atoms. The SMILES string of the molecule is CCNC(=S)N[C@H]1CC[C@@]2(Cc3ccccc3Cl)CCN(C)[C@H]2C1. The Morgan fingerprint density at radius 1 is 1.38 bits per heavy atom. The molecule has 1 saturated carbocycles. The highest BCUT2D eigenvalue weighted by Gasteiger charge is 2.49. The van der Waals surface area contributed by atoms with Gasteiger partial charge in [-0.2, -0.15) is 0 Å². The highest BCUT2D eigenvalue weighted by Crippen LogP contribution is 2.49. The van der Waals surface area contributed by atoms with Crippen molar-refractivity contribution in [1.82, 2.24) is 15.5 Å². The standard InChI is InChI=1S/C19H28ClN3S/c1-3-21-18(24)22-15-8-9-19(10-11-23(2)17(19)12-15)13-14-6-4-5-7-16(14)20/h4-7,15,17H,3,8-13H2,1-2H3,(H2,21,22,24)/t15-,17-,19-/m0/s1. The van der Waals surface area contributed by atoms with Crippen molar-refractivity contribution in [3.05, 3.63) is 34.9 Å². The summed E-state index contributed by atoms with van der Waals surface area (Å²) in [6.07, 6.45) is 5.93. The molecular formula is C19H28ClN3S. The number of benzene rings is 1. The van der Waals surface area contributed by atoms with Crippen LogP contribution in [0.25, 0.3) is 0 Å². The second-order valence-corrected chi connectivity index (χ2v) is 8.17. The Labute approximate surface area is 156 Å². The predicted octanol–water partition coefficient (Wildman–Crippen LogP) is 3.61. The van der Waals surface area contributed by atoms with E-state index >= 15 is 0 Å². The molecule has 0 aromatic heterocycles. The molecule has 3 rings (SSSR count). The van der Waals surface area contributed by atoms with Crippen LogP contribution in [0.2, 0.25) is 5.02 Å². The van der Waals surface area contributed by atoms with Crippen LogP contribution in [0.5, 0.6) is 0 Å². The van der Waals surface area contributed by atoms with Gasteiger partial charge in [-0.1, -0.05) is 29.8 Å². The predicted molar refractivity (Wildman–Crippen MR) is 106 cm³/mol. The van der Waals surface area contributed by atoms with Crippen molar-refractivity contribution >= 4 is 28.9 Å². The van der Waals surface area contributed by atoms with E-state index in [0.29, 0.717) is 17.5 Å². The third kappa shape index (κ3) is 3.71. The molecule has 3 nitrogen and oxygen atoms in total. The van der Waals surface area contributed by atoms with E-state index in [9.17, 15) is 0 Å². The maximum Gasteiger partial charge on any atom is 0.166 e. The number of nitrogens with one attached hydrogen (secondary N) is 2. The van der Waals surface area contributed by atoms with Gasteiger partial charge in [-0.05, 0) is 81.9 Å². The lowest BCUT2D eigenvalue weighted by Gasteiger charge is -2.45. The summed E-state index contributed by atoms with van der Waals surface area (Å²) in [6, 6.07) is 9.41. The molecule has 1 aromatic carbocycles. The Bertz CT molecular complexity index is 594. The fourth-order valence-corrected chi connectivity index (χ4v) is 5.12. The van der Waals surface area contributed by atoms with Gasteiger partial charge in [-0.15, -0.1) is 0 Å². The lowest BCUT2D eigenvalue weighted by Crippen LogP contribution is -2.52. The van der Waals surface area contributed by atoms with E-state index < -0.39 is 0 Å². The minimum absolute atomic E-state index is 0.359. The van der Waals surface area contributed by atoms with Crippen LogP contribution >= 0.6 is 23.8 Å². The van der Waals surface area contributed by atoms with Crippen LogP contribution in [0.3, 0.4) is 0 Å². The minimum Gasteiger partial charge on any atom is -0.363 e. The van der Waals surface area contributed by atoms with Gasteiger partial charge in [0.1, 0.15) is 0 Å². The second-order valence-electron chi connectivity index (χ2n) is 7.35. The van der Waals surface area contributed by atoms with Gasteiger partial charge in [0.25, 0.3) is 0 Å². The Morgan fingerprint density at radius 3 is 2.92 bits per heavy atom. The maximum atomic E-state index is 6.45. The third-order valence-corrected chi connectivity index (χ3v) is 6.50. The first kappa shape index (κ1) is 18.0. The van der Waals surface area contributed by atoms with Gasteiger partial charge in [0.2, 0.25) is 0 Å². The Kier molecular flexibility index (Phi) is 5.68. The third-order valence-electron chi connectivity index (χ3n) is 5.87.